The van der Waals surface area contributed by atoms with Crippen molar-refractivity contribution in [1.82, 2.24) is 0 Å². The second-order valence-corrected chi connectivity index (χ2v) is 7.41. The van der Waals surface area contributed by atoms with Crippen molar-refractivity contribution in [3.05, 3.63) is 41.5 Å². The fraction of sp³-hybridized carbons (Fsp3) is 0.478. The summed E-state index contributed by atoms with van der Waals surface area (Å²) in [6.45, 7) is 1.23. The Hall–Kier alpha value is -2.64. The van der Waals surface area contributed by atoms with Crippen molar-refractivity contribution in [3.8, 4) is 28.7 Å². The smallest absolute Gasteiger partial charge is 0.203 e. The largest absolute Gasteiger partial charge is 0.493 e. The molecule has 0 amide bonds. The van der Waals surface area contributed by atoms with E-state index >= 15 is 0 Å². The molecule has 0 radical (unpaired) electrons. The zero-order valence-corrected chi connectivity index (χ0v) is 18.0. The van der Waals surface area contributed by atoms with E-state index in [1.165, 1.54) is 0 Å². The standard InChI is InChI=1S/C23H28O7/c1-24-17-7-6-13(8-18(17)25-2)21-15-11-30-22(16(15)12-29-21)14-9-19(26-3)23(28-5)20(10-14)27-4/h6-10,15-16,21-22H,11-12H2,1-5H3/t15-,16-,21+,22+/m0/s1. The van der Waals surface area contributed by atoms with Gasteiger partial charge < -0.3 is 33.2 Å². The van der Waals surface area contributed by atoms with Crippen LogP contribution in [0.15, 0.2) is 30.3 Å². The molecule has 7 heteroatoms. The number of rotatable bonds is 7. The van der Waals surface area contributed by atoms with Gasteiger partial charge in [-0.05, 0) is 35.4 Å². The van der Waals surface area contributed by atoms with Crippen molar-refractivity contribution in [2.24, 2.45) is 11.8 Å². The molecule has 0 aliphatic carbocycles. The van der Waals surface area contributed by atoms with Gasteiger partial charge in [-0.3, -0.25) is 0 Å². The third-order valence-electron chi connectivity index (χ3n) is 6.02. The molecule has 0 bridgehead atoms. The molecule has 4 rings (SSSR count). The normalized spacial score (nSPS) is 25.0. The minimum absolute atomic E-state index is 0.0538. The Labute approximate surface area is 176 Å². The van der Waals surface area contributed by atoms with Gasteiger partial charge in [0, 0.05) is 11.8 Å². The molecule has 0 aromatic heterocycles. The van der Waals surface area contributed by atoms with Crippen LogP contribution >= 0.6 is 0 Å². The monoisotopic (exact) mass is 416 g/mol. The van der Waals surface area contributed by atoms with Crippen molar-refractivity contribution in [2.75, 3.05) is 48.8 Å². The minimum Gasteiger partial charge on any atom is -0.493 e. The molecule has 2 aliphatic heterocycles. The highest BCUT2D eigenvalue weighted by atomic mass is 16.5. The quantitative estimate of drug-likeness (QED) is 0.680. The molecular weight excluding hydrogens is 388 g/mol. The van der Waals surface area contributed by atoms with E-state index in [9.17, 15) is 0 Å². The van der Waals surface area contributed by atoms with Gasteiger partial charge in [-0.15, -0.1) is 0 Å². The first kappa shape index (κ1) is 20.6. The van der Waals surface area contributed by atoms with Crippen LogP contribution in [-0.2, 0) is 9.47 Å². The van der Waals surface area contributed by atoms with Gasteiger partial charge in [-0.2, -0.15) is 0 Å². The van der Waals surface area contributed by atoms with Crippen LogP contribution in [0.1, 0.15) is 23.3 Å². The Morgan fingerprint density at radius 3 is 1.60 bits per heavy atom. The molecule has 2 aromatic rings. The van der Waals surface area contributed by atoms with E-state index in [0.717, 1.165) is 11.1 Å². The Morgan fingerprint density at radius 1 is 0.600 bits per heavy atom. The van der Waals surface area contributed by atoms with Gasteiger partial charge in [-0.1, -0.05) is 6.07 Å². The van der Waals surface area contributed by atoms with Crippen LogP contribution in [0.5, 0.6) is 28.7 Å². The molecule has 2 heterocycles. The Balaban J connectivity index is 1.61. The zero-order valence-electron chi connectivity index (χ0n) is 18.0. The van der Waals surface area contributed by atoms with E-state index in [4.69, 9.17) is 33.2 Å². The summed E-state index contributed by atoms with van der Waals surface area (Å²) in [5.74, 6) is 3.68. The lowest BCUT2D eigenvalue weighted by atomic mass is 9.84. The number of hydrogen-bond donors (Lipinski definition) is 0. The van der Waals surface area contributed by atoms with Crippen LogP contribution in [-0.4, -0.2) is 48.8 Å². The second-order valence-electron chi connectivity index (χ2n) is 7.41. The van der Waals surface area contributed by atoms with Crippen molar-refractivity contribution in [2.45, 2.75) is 12.2 Å². The molecule has 7 nitrogen and oxygen atoms in total. The summed E-state index contributed by atoms with van der Waals surface area (Å²) in [6.07, 6.45) is -0.157. The lowest BCUT2D eigenvalue weighted by Gasteiger charge is -2.20. The molecule has 4 atom stereocenters. The van der Waals surface area contributed by atoms with Gasteiger partial charge in [0.2, 0.25) is 5.75 Å². The summed E-state index contributed by atoms with van der Waals surface area (Å²) in [4.78, 5) is 0. The van der Waals surface area contributed by atoms with Crippen LogP contribution in [0.3, 0.4) is 0 Å². The first-order valence-corrected chi connectivity index (χ1v) is 9.90. The van der Waals surface area contributed by atoms with Crippen LogP contribution in [0.2, 0.25) is 0 Å². The third kappa shape index (κ3) is 3.42. The molecule has 0 N–H and O–H groups in total. The van der Waals surface area contributed by atoms with E-state index < -0.39 is 0 Å². The molecule has 2 aliphatic rings. The zero-order chi connectivity index (χ0) is 21.3. The van der Waals surface area contributed by atoms with E-state index in [2.05, 4.69) is 0 Å². The molecule has 0 spiro atoms. The third-order valence-corrected chi connectivity index (χ3v) is 6.02. The van der Waals surface area contributed by atoms with Gasteiger partial charge in [0.05, 0.1) is 61.0 Å². The van der Waals surface area contributed by atoms with Crippen LogP contribution in [0, 0.1) is 11.8 Å². The topological polar surface area (TPSA) is 64.6 Å². The fourth-order valence-corrected chi connectivity index (χ4v) is 4.53. The predicted octanol–water partition coefficient (Wildman–Crippen LogP) is 3.80. The Bertz CT molecular complexity index is 872. The van der Waals surface area contributed by atoms with Crippen molar-refractivity contribution in [1.29, 1.82) is 0 Å². The van der Waals surface area contributed by atoms with E-state index in [1.807, 2.05) is 30.3 Å². The summed E-state index contributed by atoms with van der Waals surface area (Å²) in [5.41, 5.74) is 2.06. The van der Waals surface area contributed by atoms with E-state index in [0.29, 0.717) is 42.0 Å². The van der Waals surface area contributed by atoms with E-state index in [-0.39, 0.29) is 24.0 Å². The van der Waals surface area contributed by atoms with Crippen molar-refractivity contribution < 1.29 is 33.2 Å². The summed E-state index contributed by atoms with van der Waals surface area (Å²) in [6, 6.07) is 9.84. The minimum atomic E-state index is -0.103. The first-order chi connectivity index (χ1) is 14.6. The van der Waals surface area contributed by atoms with Crippen molar-refractivity contribution in [3.63, 3.8) is 0 Å². The van der Waals surface area contributed by atoms with Crippen LogP contribution < -0.4 is 23.7 Å². The number of ether oxygens (including phenoxy) is 7. The Kier molecular flexibility index (Phi) is 5.92. The number of methoxy groups -OCH3 is 5. The average molecular weight is 416 g/mol. The highest BCUT2D eigenvalue weighted by Crippen LogP contribution is 2.52. The van der Waals surface area contributed by atoms with E-state index in [1.54, 1.807) is 35.5 Å². The SMILES string of the molecule is COc1ccc([C@H]2OC[C@H]3[C@@H]2CO[C@@H]3c2cc(OC)c(OC)c(OC)c2)cc1OC. The maximum atomic E-state index is 6.24. The Morgan fingerprint density at radius 2 is 1.10 bits per heavy atom. The summed E-state index contributed by atoms with van der Waals surface area (Å²) in [7, 11) is 8.10. The molecule has 162 valence electrons. The van der Waals surface area contributed by atoms with Gasteiger partial charge >= 0.3 is 0 Å². The lowest BCUT2D eigenvalue weighted by Crippen LogP contribution is -2.15. The van der Waals surface area contributed by atoms with Crippen LogP contribution in [0.4, 0.5) is 0 Å². The van der Waals surface area contributed by atoms with Crippen LogP contribution in [0.25, 0.3) is 0 Å². The number of hydrogen-bond acceptors (Lipinski definition) is 7. The van der Waals surface area contributed by atoms with Gasteiger partial charge in [0.1, 0.15) is 0 Å². The molecule has 2 saturated heterocycles. The summed E-state index contributed by atoms with van der Waals surface area (Å²) >= 11 is 0. The highest BCUT2D eigenvalue weighted by molar-refractivity contribution is 5.54. The molecule has 0 saturated carbocycles. The molecule has 2 aromatic carbocycles. The molecule has 30 heavy (non-hydrogen) atoms. The second kappa shape index (κ2) is 8.62. The highest BCUT2D eigenvalue weighted by Gasteiger charge is 2.48. The predicted molar refractivity (Wildman–Crippen MR) is 110 cm³/mol. The maximum Gasteiger partial charge on any atom is 0.203 e. The molecule has 0 unspecified atom stereocenters. The average Bonchev–Trinajstić information content (AvgIpc) is 3.39. The maximum absolute atomic E-state index is 6.24. The van der Waals surface area contributed by atoms with Gasteiger partial charge in [-0.25, -0.2) is 0 Å². The number of fused-ring (bicyclic) bond motifs is 1. The number of benzene rings is 2. The molecular formula is C23H28O7. The summed E-state index contributed by atoms with van der Waals surface area (Å²) in [5, 5.41) is 0. The molecule has 2 fully saturated rings. The van der Waals surface area contributed by atoms with Gasteiger partial charge in [0.15, 0.2) is 23.0 Å². The first-order valence-electron chi connectivity index (χ1n) is 9.90. The fourth-order valence-electron chi connectivity index (χ4n) is 4.53. The van der Waals surface area contributed by atoms with Crippen molar-refractivity contribution >= 4 is 0 Å². The summed E-state index contributed by atoms with van der Waals surface area (Å²) < 4.78 is 39.7. The lowest BCUT2D eigenvalue weighted by molar-refractivity contribution is 0.0191. The van der Waals surface area contributed by atoms with Gasteiger partial charge in [0.25, 0.3) is 0 Å².